The highest BCUT2D eigenvalue weighted by Crippen LogP contribution is 2.36. The lowest BCUT2D eigenvalue weighted by Crippen LogP contribution is -2.43. The van der Waals surface area contributed by atoms with E-state index in [0.717, 1.165) is 12.1 Å². The number of ether oxygens (including phenoxy) is 1. The molecule has 0 aliphatic heterocycles. The first-order valence-corrected chi connectivity index (χ1v) is 7.07. The summed E-state index contributed by atoms with van der Waals surface area (Å²) in [5, 5.41) is 0. The van der Waals surface area contributed by atoms with Crippen LogP contribution in [0.5, 0.6) is 0 Å². The smallest absolute Gasteiger partial charge is 0.214 e. The average molecular weight is 338 g/mol. The molecule has 0 bridgehead atoms. The second-order valence-electron chi connectivity index (χ2n) is 5.06. The zero-order valence-corrected chi connectivity index (χ0v) is 12.9. The van der Waals surface area contributed by atoms with Gasteiger partial charge in [-0.3, -0.25) is 9.59 Å². The Balaban J connectivity index is 2.69. The third-order valence-corrected chi connectivity index (χ3v) is 3.63. The van der Waals surface area contributed by atoms with Gasteiger partial charge in [0.1, 0.15) is 11.6 Å². The molecule has 0 aromatic heterocycles. The van der Waals surface area contributed by atoms with Crippen LogP contribution < -0.4 is 0 Å². The van der Waals surface area contributed by atoms with Crippen LogP contribution in [-0.2, 0) is 25.5 Å². The van der Waals surface area contributed by atoms with Crippen molar-refractivity contribution in [1.82, 2.24) is 0 Å². The molecule has 0 fully saturated rings. The molecule has 0 aliphatic carbocycles. The summed E-state index contributed by atoms with van der Waals surface area (Å²) in [7, 11) is 0. The van der Waals surface area contributed by atoms with E-state index in [4.69, 9.17) is 17.6 Å². The maximum absolute atomic E-state index is 14.2. The van der Waals surface area contributed by atoms with Crippen molar-refractivity contribution in [3.8, 4) is 24.7 Å². The Morgan fingerprint density at radius 1 is 0.800 bits per heavy atom. The van der Waals surface area contributed by atoms with Gasteiger partial charge < -0.3 is 4.74 Å². The first-order valence-electron chi connectivity index (χ1n) is 7.07. The van der Waals surface area contributed by atoms with Crippen LogP contribution in [0.1, 0.15) is 11.1 Å². The van der Waals surface area contributed by atoms with Crippen LogP contribution in [0, 0.1) is 36.3 Å². The quantitative estimate of drug-likeness (QED) is 0.601. The number of benzene rings is 2. The van der Waals surface area contributed by atoms with Crippen molar-refractivity contribution in [3.05, 3.63) is 71.3 Å². The van der Waals surface area contributed by atoms with Crippen LogP contribution in [0.4, 0.5) is 8.78 Å². The molecule has 25 heavy (non-hydrogen) atoms. The monoisotopic (exact) mass is 338 g/mol. The van der Waals surface area contributed by atoms with E-state index in [1.54, 1.807) is 0 Å². The second kappa shape index (κ2) is 7.09. The number of aldehydes is 2. The van der Waals surface area contributed by atoms with Gasteiger partial charge in [0.2, 0.25) is 11.2 Å². The van der Waals surface area contributed by atoms with Gasteiger partial charge in [-0.05, 0) is 12.1 Å². The van der Waals surface area contributed by atoms with Crippen molar-refractivity contribution in [3.63, 3.8) is 0 Å². The normalized spacial score (nSPS) is 15.0. The van der Waals surface area contributed by atoms with E-state index in [2.05, 4.69) is 0 Å². The first kappa shape index (κ1) is 18.1. The molecule has 3 nitrogen and oxygen atoms in total. The van der Waals surface area contributed by atoms with Gasteiger partial charge in [-0.15, -0.1) is 12.8 Å². The fraction of sp³-hybridized carbons (Fsp3) is 0.100. The lowest BCUT2D eigenvalue weighted by atomic mass is 9.90. The van der Waals surface area contributed by atoms with Crippen LogP contribution in [0.2, 0.25) is 0 Å². The minimum absolute atomic E-state index is 0.141. The van der Waals surface area contributed by atoms with Crippen molar-refractivity contribution in [1.29, 1.82) is 0 Å². The maximum atomic E-state index is 14.2. The summed E-state index contributed by atoms with van der Waals surface area (Å²) < 4.78 is 33.8. The zero-order valence-electron chi connectivity index (χ0n) is 12.9. The van der Waals surface area contributed by atoms with Gasteiger partial charge in [-0.1, -0.05) is 48.2 Å². The van der Waals surface area contributed by atoms with Crippen molar-refractivity contribution in [2.24, 2.45) is 0 Å². The number of terminal acetylenes is 2. The molecule has 2 aromatic carbocycles. The minimum atomic E-state index is -2.32. The van der Waals surface area contributed by atoms with Crippen LogP contribution in [0.25, 0.3) is 0 Å². The average Bonchev–Trinajstić information content (AvgIpc) is 2.65. The molecule has 2 unspecified atom stereocenters. The lowest BCUT2D eigenvalue weighted by Gasteiger charge is -2.33. The molecule has 0 saturated heterocycles. The third kappa shape index (κ3) is 3.06. The van der Waals surface area contributed by atoms with Crippen LogP contribution in [0.15, 0.2) is 48.5 Å². The molecular formula is C20H12F2O3. The van der Waals surface area contributed by atoms with Crippen molar-refractivity contribution < 1.29 is 23.1 Å². The summed E-state index contributed by atoms with van der Waals surface area (Å²) in [6.45, 7) is 0. The number of rotatable bonds is 6. The number of halogens is 2. The number of carbonyl (C=O) groups is 2. The van der Waals surface area contributed by atoms with Crippen LogP contribution in [0.3, 0.4) is 0 Å². The van der Waals surface area contributed by atoms with Gasteiger partial charge >= 0.3 is 0 Å². The summed E-state index contributed by atoms with van der Waals surface area (Å²) >= 11 is 0. The molecule has 0 aliphatic rings. The molecule has 0 heterocycles. The summed E-state index contributed by atoms with van der Waals surface area (Å²) in [4.78, 5) is 23.4. The molecular weight excluding hydrogens is 326 g/mol. The summed E-state index contributed by atoms with van der Waals surface area (Å²) in [5.41, 5.74) is -5.27. The van der Waals surface area contributed by atoms with Crippen LogP contribution >= 0.6 is 0 Å². The fourth-order valence-electron chi connectivity index (χ4n) is 2.35. The standard InChI is InChI=1S/C20H12F2O3/c1-3-19(13-23,15-9-5-7-11-17(15)21)25-20(4-2,14-24)16-10-6-8-12-18(16)22/h1-2,5-14H. The van der Waals surface area contributed by atoms with E-state index in [9.17, 15) is 18.4 Å². The molecule has 0 spiro atoms. The second-order valence-corrected chi connectivity index (χ2v) is 5.06. The van der Waals surface area contributed by atoms with Crippen molar-refractivity contribution in [2.75, 3.05) is 0 Å². The summed E-state index contributed by atoms with van der Waals surface area (Å²) in [5.74, 6) is 2.39. The minimum Gasteiger partial charge on any atom is -0.320 e. The highest BCUT2D eigenvalue weighted by Gasteiger charge is 2.45. The Labute approximate surface area is 143 Å². The van der Waals surface area contributed by atoms with Gasteiger partial charge in [0, 0.05) is 11.1 Å². The SMILES string of the molecule is C#CC(C=O)(OC(C#C)(C=O)c1ccccc1F)c1ccccc1F. The van der Waals surface area contributed by atoms with Crippen LogP contribution in [-0.4, -0.2) is 12.6 Å². The molecule has 0 N–H and O–H groups in total. The topological polar surface area (TPSA) is 43.4 Å². The van der Waals surface area contributed by atoms with E-state index in [0.29, 0.717) is 0 Å². The van der Waals surface area contributed by atoms with E-state index in [1.807, 2.05) is 11.8 Å². The van der Waals surface area contributed by atoms with Crippen molar-refractivity contribution in [2.45, 2.75) is 11.2 Å². The third-order valence-electron chi connectivity index (χ3n) is 3.63. The van der Waals surface area contributed by atoms with E-state index in [1.165, 1.54) is 36.4 Å². The summed E-state index contributed by atoms with van der Waals surface area (Å²) in [6, 6.07) is 10.2. The number of hydrogen-bond acceptors (Lipinski definition) is 3. The molecule has 124 valence electrons. The zero-order chi connectivity index (χ0) is 18.5. The Morgan fingerprint density at radius 3 is 1.44 bits per heavy atom. The predicted octanol–water partition coefficient (Wildman–Crippen LogP) is 2.74. The Bertz CT molecular complexity index is 821. The molecule has 2 rings (SSSR count). The maximum Gasteiger partial charge on any atom is 0.214 e. The molecule has 2 atom stereocenters. The fourth-order valence-corrected chi connectivity index (χ4v) is 2.35. The van der Waals surface area contributed by atoms with E-state index in [-0.39, 0.29) is 23.7 Å². The number of carbonyl (C=O) groups excluding carboxylic acids is 2. The molecule has 0 amide bonds. The highest BCUT2D eigenvalue weighted by molar-refractivity contribution is 5.76. The van der Waals surface area contributed by atoms with Crippen molar-refractivity contribution >= 4 is 12.6 Å². The highest BCUT2D eigenvalue weighted by atomic mass is 19.1. The number of hydrogen-bond donors (Lipinski definition) is 0. The molecule has 2 aromatic rings. The molecule has 0 saturated carbocycles. The molecule has 5 heteroatoms. The van der Waals surface area contributed by atoms with Gasteiger partial charge in [0.25, 0.3) is 0 Å². The molecule has 0 radical (unpaired) electrons. The Kier molecular flexibility index (Phi) is 5.12. The first-order chi connectivity index (χ1) is 12.0. The van der Waals surface area contributed by atoms with Gasteiger partial charge in [-0.25, -0.2) is 8.78 Å². The predicted molar refractivity (Wildman–Crippen MR) is 87.0 cm³/mol. The van der Waals surface area contributed by atoms with E-state index < -0.39 is 22.8 Å². The lowest BCUT2D eigenvalue weighted by molar-refractivity contribution is -0.150. The summed E-state index contributed by atoms with van der Waals surface area (Å²) in [6.07, 6.45) is 11.1. The van der Waals surface area contributed by atoms with Gasteiger partial charge in [0.15, 0.2) is 12.6 Å². The van der Waals surface area contributed by atoms with E-state index >= 15 is 0 Å². The largest absolute Gasteiger partial charge is 0.320 e. The van der Waals surface area contributed by atoms with Gasteiger partial charge in [0.05, 0.1) is 0 Å². The Morgan fingerprint density at radius 2 is 1.16 bits per heavy atom. The van der Waals surface area contributed by atoms with Gasteiger partial charge in [-0.2, -0.15) is 0 Å². The Hall–Kier alpha value is -3.28.